The molecule has 0 fully saturated rings. The summed E-state index contributed by atoms with van der Waals surface area (Å²) in [5, 5.41) is 25.5. The largest absolute Gasteiger partial charge is 0.508 e. The highest BCUT2D eigenvalue weighted by molar-refractivity contribution is 7.99. The van der Waals surface area contributed by atoms with Gasteiger partial charge in [0.2, 0.25) is 5.89 Å². The predicted molar refractivity (Wildman–Crippen MR) is 57.7 cm³/mol. The standard InChI is InChI=1S/C10H7N3O2S/c11-5-6-16-10-13-12-9(15-10)7-1-3-8(14)4-2-7/h1-4,14H,6H2. The summed E-state index contributed by atoms with van der Waals surface area (Å²) >= 11 is 1.19. The maximum Gasteiger partial charge on any atom is 0.277 e. The third kappa shape index (κ3) is 2.32. The Kier molecular flexibility index (Phi) is 3.08. The van der Waals surface area contributed by atoms with E-state index in [1.54, 1.807) is 24.3 Å². The van der Waals surface area contributed by atoms with Gasteiger partial charge in [-0.05, 0) is 24.3 Å². The molecule has 80 valence electrons. The molecule has 5 nitrogen and oxygen atoms in total. The maximum absolute atomic E-state index is 9.12. The number of hydrogen-bond acceptors (Lipinski definition) is 6. The number of aromatic nitrogens is 2. The molecule has 0 aliphatic rings. The molecule has 2 aromatic rings. The van der Waals surface area contributed by atoms with Crippen molar-refractivity contribution in [2.45, 2.75) is 5.22 Å². The predicted octanol–water partition coefficient (Wildman–Crippen LogP) is 2.06. The molecule has 0 saturated carbocycles. The molecule has 0 spiro atoms. The van der Waals surface area contributed by atoms with Gasteiger partial charge in [0.1, 0.15) is 5.75 Å². The number of aromatic hydroxyl groups is 1. The van der Waals surface area contributed by atoms with Crippen LogP contribution in [0.15, 0.2) is 33.9 Å². The molecule has 6 heteroatoms. The number of thioether (sulfide) groups is 1. The van der Waals surface area contributed by atoms with Crippen LogP contribution < -0.4 is 0 Å². The van der Waals surface area contributed by atoms with Gasteiger partial charge < -0.3 is 9.52 Å². The first-order valence-electron chi connectivity index (χ1n) is 4.42. The Morgan fingerprint density at radius 3 is 2.75 bits per heavy atom. The first-order chi connectivity index (χ1) is 7.79. The second-order valence-corrected chi connectivity index (χ2v) is 3.79. The zero-order chi connectivity index (χ0) is 11.4. The van der Waals surface area contributed by atoms with Gasteiger partial charge in [0.25, 0.3) is 5.22 Å². The fourth-order valence-corrected chi connectivity index (χ4v) is 1.51. The molecule has 0 aliphatic heterocycles. The van der Waals surface area contributed by atoms with Crippen molar-refractivity contribution in [1.82, 2.24) is 10.2 Å². The smallest absolute Gasteiger partial charge is 0.277 e. The molecule has 0 atom stereocenters. The van der Waals surface area contributed by atoms with Gasteiger partial charge in [-0.15, -0.1) is 10.2 Å². The lowest BCUT2D eigenvalue weighted by molar-refractivity contribution is 0.465. The van der Waals surface area contributed by atoms with E-state index in [-0.39, 0.29) is 11.5 Å². The van der Waals surface area contributed by atoms with Gasteiger partial charge in [-0.1, -0.05) is 11.8 Å². The van der Waals surface area contributed by atoms with E-state index >= 15 is 0 Å². The average Bonchev–Trinajstić information content (AvgIpc) is 2.76. The molecule has 1 N–H and O–H groups in total. The summed E-state index contributed by atoms with van der Waals surface area (Å²) < 4.78 is 5.32. The molecule has 1 aromatic carbocycles. The summed E-state index contributed by atoms with van der Waals surface area (Å²) in [6, 6.07) is 8.43. The number of nitriles is 1. The van der Waals surface area contributed by atoms with Crippen LogP contribution in [-0.2, 0) is 0 Å². The number of benzene rings is 1. The quantitative estimate of drug-likeness (QED) is 0.817. The van der Waals surface area contributed by atoms with Crippen molar-refractivity contribution in [1.29, 1.82) is 5.26 Å². The van der Waals surface area contributed by atoms with Crippen LogP contribution in [0.5, 0.6) is 5.75 Å². The lowest BCUT2D eigenvalue weighted by atomic mass is 10.2. The van der Waals surface area contributed by atoms with E-state index in [1.807, 2.05) is 6.07 Å². The number of rotatable bonds is 3. The Hall–Kier alpha value is -2.00. The number of nitrogens with zero attached hydrogens (tertiary/aromatic N) is 3. The lowest BCUT2D eigenvalue weighted by Crippen LogP contribution is -1.76. The number of phenolic OH excluding ortho intramolecular Hbond substituents is 1. The van der Waals surface area contributed by atoms with Crippen LogP contribution in [0.2, 0.25) is 0 Å². The van der Waals surface area contributed by atoms with E-state index in [0.29, 0.717) is 11.1 Å². The first kappa shape index (κ1) is 10.5. The molecule has 16 heavy (non-hydrogen) atoms. The van der Waals surface area contributed by atoms with Crippen molar-refractivity contribution in [3.8, 4) is 23.3 Å². The lowest BCUT2D eigenvalue weighted by Gasteiger charge is -1.94. The summed E-state index contributed by atoms with van der Waals surface area (Å²) in [7, 11) is 0. The Morgan fingerprint density at radius 1 is 1.31 bits per heavy atom. The van der Waals surface area contributed by atoms with E-state index in [0.717, 1.165) is 5.56 Å². The Bertz CT molecular complexity index is 516. The van der Waals surface area contributed by atoms with Crippen molar-refractivity contribution in [3.63, 3.8) is 0 Å². The summed E-state index contributed by atoms with van der Waals surface area (Å²) in [6.45, 7) is 0. The summed E-state index contributed by atoms with van der Waals surface area (Å²) in [5.74, 6) is 0.833. The fourth-order valence-electron chi connectivity index (χ4n) is 1.08. The minimum atomic E-state index is 0.183. The molecule has 0 aliphatic carbocycles. The SMILES string of the molecule is N#CCSc1nnc(-c2ccc(O)cc2)o1. The van der Waals surface area contributed by atoms with Gasteiger partial charge in [0.05, 0.1) is 11.8 Å². The molecule has 2 rings (SSSR count). The van der Waals surface area contributed by atoms with E-state index in [4.69, 9.17) is 14.8 Å². The fraction of sp³-hybridized carbons (Fsp3) is 0.100. The molecule has 0 radical (unpaired) electrons. The Morgan fingerprint density at radius 2 is 2.06 bits per heavy atom. The Balaban J connectivity index is 2.18. The summed E-state index contributed by atoms with van der Waals surface area (Å²) in [5.41, 5.74) is 0.731. The van der Waals surface area contributed by atoms with Gasteiger partial charge in [0, 0.05) is 5.56 Å². The van der Waals surface area contributed by atoms with E-state index < -0.39 is 0 Å². The van der Waals surface area contributed by atoms with Crippen molar-refractivity contribution >= 4 is 11.8 Å². The molecule has 0 saturated heterocycles. The van der Waals surface area contributed by atoms with Crippen LogP contribution in [0, 0.1) is 11.3 Å². The Labute approximate surface area is 95.7 Å². The van der Waals surface area contributed by atoms with Gasteiger partial charge in [0.15, 0.2) is 0 Å². The average molecular weight is 233 g/mol. The molecule has 0 amide bonds. The van der Waals surface area contributed by atoms with Crippen molar-refractivity contribution in [3.05, 3.63) is 24.3 Å². The van der Waals surface area contributed by atoms with Crippen LogP contribution in [0.25, 0.3) is 11.5 Å². The van der Waals surface area contributed by atoms with E-state index in [1.165, 1.54) is 11.8 Å². The molecular formula is C10H7N3O2S. The van der Waals surface area contributed by atoms with Gasteiger partial charge in [-0.3, -0.25) is 0 Å². The normalized spacial score (nSPS) is 9.94. The van der Waals surface area contributed by atoms with Crippen LogP contribution >= 0.6 is 11.8 Å². The minimum Gasteiger partial charge on any atom is -0.508 e. The maximum atomic E-state index is 9.12. The zero-order valence-electron chi connectivity index (χ0n) is 8.12. The van der Waals surface area contributed by atoms with Crippen molar-refractivity contribution < 1.29 is 9.52 Å². The summed E-state index contributed by atoms with van der Waals surface area (Å²) in [4.78, 5) is 0. The molecule has 0 unspecified atom stereocenters. The highest BCUT2D eigenvalue weighted by Gasteiger charge is 2.08. The molecular weight excluding hydrogens is 226 g/mol. The van der Waals surface area contributed by atoms with Gasteiger partial charge in [-0.25, -0.2) is 0 Å². The highest BCUT2D eigenvalue weighted by Crippen LogP contribution is 2.24. The molecule has 1 heterocycles. The van der Waals surface area contributed by atoms with Crippen LogP contribution in [0.3, 0.4) is 0 Å². The summed E-state index contributed by atoms with van der Waals surface area (Å²) in [6.07, 6.45) is 0. The monoisotopic (exact) mass is 233 g/mol. The van der Waals surface area contributed by atoms with E-state index in [2.05, 4.69) is 10.2 Å². The van der Waals surface area contributed by atoms with E-state index in [9.17, 15) is 0 Å². The second kappa shape index (κ2) is 4.68. The number of hydrogen-bond donors (Lipinski definition) is 1. The third-order valence-corrected chi connectivity index (χ3v) is 2.47. The highest BCUT2D eigenvalue weighted by atomic mass is 32.2. The molecule has 0 bridgehead atoms. The van der Waals surface area contributed by atoms with Gasteiger partial charge >= 0.3 is 0 Å². The first-order valence-corrected chi connectivity index (χ1v) is 5.41. The van der Waals surface area contributed by atoms with Gasteiger partial charge in [-0.2, -0.15) is 5.26 Å². The van der Waals surface area contributed by atoms with Crippen LogP contribution in [0.1, 0.15) is 0 Å². The number of phenols is 1. The zero-order valence-corrected chi connectivity index (χ0v) is 8.94. The van der Waals surface area contributed by atoms with Crippen LogP contribution in [0.4, 0.5) is 0 Å². The third-order valence-electron chi connectivity index (χ3n) is 1.78. The van der Waals surface area contributed by atoms with Crippen molar-refractivity contribution in [2.75, 3.05) is 5.75 Å². The molecule has 1 aromatic heterocycles. The van der Waals surface area contributed by atoms with Crippen LogP contribution in [-0.4, -0.2) is 21.1 Å². The minimum absolute atomic E-state index is 0.183. The van der Waals surface area contributed by atoms with Crippen molar-refractivity contribution in [2.24, 2.45) is 0 Å². The topological polar surface area (TPSA) is 82.9 Å². The second-order valence-electron chi connectivity index (χ2n) is 2.87.